The second-order valence-corrected chi connectivity index (χ2v) is 10.3. The molecular weight excluding hydrogens is 518 g/mol. The van der Waals surface area contributed by atoms with Crippen molar-refractivity contribution < 1.29 is 24.2 Å². The second kappa shape index (κ2) is 10.4. The first-order chi connectivity index (χ1) is 20.1. The first-order valence-corrected chi connectivity index (χ1v) is 13.6. The van der Waals surface area contributed by atoms with E-state index in [1.807, 2.05) is 67.0 Å². The molecule has 1 aromatic heterocycles. The zero-order chi connectivity index (χ0) is 27.9. The lowest BCUT2D eigenvalue weighted by Crippen LogP contribution is -2.32. The number of aliphatic hydroxyl groups is 1. The van der Waals surface area contributed by atoms with Crippen LogP contribution in [-0.2, 0) is 22.6 Å². The number of aliphatic hydroxyl groups excluding tert-OH is 1. The largest absolute Gasteiger partial charge is 0.392 e. The fourth-order valence-corrected chi connectivity index (χ4v) is 5.61. The summed E-state index contributed by atoms with van der Waals surface area (Å²) in [6, 6.07) is 29.8. The number of rotatable bonds is 6. The van der Waals surface area contributed by atoms with Crippen molar-refractivity contribution in [3.8, 4) is 0 Å². The Morgan fingerprint density at radius 2 is 1.44 bits per heavy atom. The van der Waals surface area contributed by atoms with Crippen LogP contribution in [0.2, 0.25) is 0 Å². The highest BCUT2D eigenvalue weighted by atomic mass is 16.7. The van der Waals surface area contributed by atoms with Gasteiger partial charge in [-0.15, -0.1) is 0 Å². The molecule has 204 valence electrons. The predicted octanol–water partition coefficient (Wildman–Crippen LogP) is 5.57. The van der Waals surface area contributed by atoms with Gasteiger partial charge in [0.25, 0.3) is 11.8 Å². The third kappa shape index (κ3) is 4.62. The van der Waals surface area contributed by atoms with E-state index in [1.54, 1.807) is 36.4 Å². The Bertz CT molecular complexity index is 1710. The fourth-order valence-electron chi connectivity index (χ4n) is 5.61. The number of nitrogens with zero attached hydrogens (tertiary/aromatic N) is 3. The first kappa shape index (κ1) is 25.3. The van der Waals surface area contributed by atoms with Gasteiger partial charge in [0, 0.05) is 12.0 Å². The number of imidazole rings is 1. The van der Waals surface area contributed by atoms with Crippen molar-refractivity contribution in [2.24, 2.45) is 0 Å². The molecule has 2 aliphatic rings. The summed E-state index contributed by atoms with van der Waals surface area (Å²) in [5.41, 5.74) is 5.89. The number of fused-ring (bicyclic) bond motifs is 2. The van der Waals surface area contributed by atoms with Crippen molar-refractivity contribution in [3.05, 3.63) is 131 Å². The molecule has 2 amide bonds. The number of anilines is 1. The van der Waals surface area contributed by atoms with E-state index in [9.17, 15) is 14.7 Å². The van der Waals surface area contributed by atoms with Crippen LogP contribution >= 0.6 is 0 Å². The fraction of sp³-hybridized carbons (Fsp3) is 0.182. The molecule has 0 radical (unpaired) electrons. The monoisotopic (exact) mass is 545 g/mol. The molecule has 2 aliphatic heterocycles. The van der Waals surface area contributed by atoms with Crippen LogP contribution in [0.1, 0.15) is 56.2 Å². The third-order valence-corrected chi connectivity index (χ3v) is 7.76. The summed E-state index contributed by atoms with van der Waals surface area (Å²) >= 11 is 0. The Morgan fingerprint density at radius 3 is 2.15 bits per heavy atom. The molecule has 5 aromatic rings. The average Bonchev–Trinajstić information content (AvgIpc) is 3.54. The molecule has 41 heavy (non-hydrogen) atoms. The zero-order valence-corrected chi connectivity index (χ0v) is 22.1. The van der Waals surface area contributed by atoms with Crippen LogP contribution in [-0.4, -0.2) is 32.6 Å². The lowest BCUT2D eigenvalue weighted by atomic mass is 10.00. The molecule has 0 aliphatic carbocycles. The molecule has 3 atom stereocenters. The van der Waals surface area contributed by atoms with Gasteiger partial charge in [0.1, 0.15) is 0 Å². The minimum Gasteiger partial charge on any atom is -0.392 e. The number of hydrogen-bond donors (Lipinski definition) is 1. The van der Waals surface area contributed by atoms with Crippen molar-refractivity contribution in [2.75, 3.05) is 4.90 Å². The van der Waals surface area contributed by atoms with E-state index in [2.05, 4.69) is 9.55 Å². The Hall–Kier alpha value is -4.63. The summed E-state index contributed by atoms with van der Waals surface area (Å²) in [6.07, 6.45) is 1.39. The smallest absolute Gasteiger partial charge is 0.266 e. The zero-order valence-electron chi connectivity index (χ0n) is 22.1. The van der Waals surface area contributed by atoms with Crippen LogP contribution < -0.4 is 4.90 Å². The SMILES string of the molecule is O=C1c2ccccc2C(=O)N1c1ccc([C@@H]2O[C@H](Cn3cnc4ccccc43)C[C@H](c3ccc(CO)cc3)O2)cc1. The number of carbonyl (C=O) groups is 2. The van der Waals surface area contributed by atoms with Crippen LogP contribution in [0.3, 0.4) is 0 Å². The minimum atomic E-state index is -0.665. The molecule has 3 heterocycles. The van der Waals surface area contributed by atoms with Crippen molar-refractivity contribution >= 4 is 28.5 Å². The van der Waals surface area contributed by atoms with Crippen LogP contribution in [0.4, 0.5) is 5.69 Å². The highest BCUT2D eigenvalue weighted by Crippen LogP contribution is 2.39. The van der Waals surface area contributed by atoms with Crippen molar-refractivity contribution in [1.29, 1.82) is 0 Å². The average molecular weight is 546 g/mol. The number of imide groups is 1. The van der Waals surface area contributed by atoms with Crippen LogP contribution in [0, 0.1) is 0 Å². The van der Waals surface area contributed by atoms with Crippen molar-refractivity contribution in [2.45, 2.75) is 38.1 Å². The highest BCUT2D eigenvalue weighted by molar-refractivity contribution is 6.34. The lowest BCUT2D eigenvalue weighted by molar-refractivity contribution is -0.252. The summed E-state index contributed by atoms with van der Waals surface area (Å²) < 4.78 is 15.1. The highest BCUT2D eigenvalue weighted by Gasteiger charge is 2.37. The van der Waals surface area contributed by atoms with Gasteiger partial charge in [0.2, 0.25) is 0 Å². The maximum Gasteiger partial charge on any atom is 0.266 e. The van der Waals surface area contributed by atoms with Crippen molar-refractivity contribution in [3.63, 3.8) is 0 Å². The molecule has 7 rings (SSSR count). The van der Waals surface area contributed by atoms with Gasteiger partial charge in [-0.3, -0.25) is 9.59 Å². The Labute approximate surface area is 236 Å². The van der Waals surface area contributed by atoms with Gasteiger partial charge < -0.3 is 19.1 Å². The van der Waals surface area contributed by atoms with Gasteiger partial charge in [-0.1, -0.05) is 60.7 Å². The number of amides is 2. The Kier molecular flexibility index (Phi) is 6.43. The quantitative estimate of drug-likeness (QED) is 0.280. The van der Waals surface area contributed by atoms with E-state index in [1.165, 1.54) is 4.90 Å². The Morgan fingerprint density at radius 1 is 0.780 bits per heavy atom. The van der Waals surface area contributed by atoms with E-state index in [4.69, 9.17) is 9.47 Å². The second-order valence-electron chi connectivity index (χ2n) is 10.3. The van der Waals surface area contributed by atoms with Crippen LogP contribution in [0.5, 0.6) is 0 Å². The molecular formula is C33H27N3O5. The van der Waals surface area contributed by atoms with Gasteiger partial charge in [-0.2, -0.15) is 0 Å². The molecule has 8 nitrogen and oxygen atoms in total. The molecule has 4 aromatic carbocycles. The van der Waals surface area contributed by atoms with E-state index in [0.717, 1.165) is 27.7 Å². The van der Waals surface area contributed by atoms with E-state index < -0.39 is 6.29 Å². The molecule has 1 saturated heterocycles. The topological polar surface area (TPSA) is 93.9 Å². The molecule has 0 saturated carbocycles. The maximum atomic E-state index is 13.0. The molecule has 0 spiro atoms. The van der Waals surface area contributed by atoms with Gasteiger partial charge in [0.05, 0.1) is 59.5 Å². The maximum absolute atomic E-state index is 13.0. The molecule has 0 bridgehead atoms. The predicted molar refractivity (Wildman–Crippen MR) is 152 cm³/mol. The first-order valence-electron chi connectivity index (χ1n) is 13.6. The summed E-state index contributed by atoms with van der Waals surface area (Å²) in [4.78, 5) is 31.6. The summed E-state index contributed by atoms with van der Waals surface area (Å²) in [7, 11) is 0. The number of carbonyl (C=O) groups excluding carboxylic acids is 2. The van der Waals surface area contributed by atoms with E-state index >= 15 is 0 Å². The summed E-state index contributed by atoms with van der Waals surface area (Å²) in [5, 5.41) is 9.48. The van der Waals surface area contributed by atoms with E-state index in [-0.39, 0.29) is 30.6 Å². The molecule has 1 fully saturated rings. The van der Waals surface area contributed by atoms with Crippen LogP contribution in [0.25, 0.3) is 11.0 Å². The number of hydrogen-bond acceptors (Lipinski definition) is 6. The number of ether oxygens (including phenoxy) is 2. The van der Waals surface area contributed by atoms with Crippen molar-refractivity contribution in [1.82, 2.24) is 9.55 Å². The summed E-state index contributed by atoms with van der Waals surface area (Å²) in [5.74, 6) is -0.662. The summed E-state index contributed by atoms with van der Waals surface area (Å²) in [6.45, 7) is 0.575. The number of benzene rings is 4. The lowest BCUT2D eigenvalue weighted by Gasteiger charge is -2.36. The van der Waals surface area contributed by atoms with Gasteiger partial charge >= 0.3 is 0 Å². The van der Waals surface area contributed by atoms with Crippen LogP contribution in [0.15, 0.2) is 103 Å². The molecule has 0 unspecified atom stereocenters. The minimum absolute atomic E-state index is 0.0205. The third-order valence-electron chi connectivity index (χ3n) is 7.76. The van der Waals surface area contributed by atoms with E-state index in [0.29, 0.717) is 29.8 Å². The molecule has 1 N–H and O–H groups in total. The molecule has 8 heteroatoms. The number of para-hydroxylation sites is 2. The van der Waals surface area contributed by atoms with Gasteiger partial charge in [0.15, 0.2) is 6.29 Å². The normalized spacial score (nSPS) is 20.5. The standard InChI is InChI=1S/C33H27N3O5/c37-19-21-9-11-22(12-10-21)30-17-25(18-35-20-34-28-7-3-4-8-29(28)35)40-33(41-30)23-13-15-24(16-14-23)36-31(38)26-5-1-2-6-27(26)32(36)39/h1-16,20,25,30,33,37H,17-19H2/t25-,30+,33+/m0/s1. The van der Waals surface area contributed by atoms with Gasteiger partial charge in [-0.25, -0.2) is 9.88 Å². The van der Waals surface area contributed by atoms with Gasteiger partial charge in [-0.05, 0) is 47.5 Å². The number of aromatic nitrogens is 2. The Balaban J connectivity index is 1.16.